The van der Waals surface area contributed by atoms with Gasteiger partial charge >= 0.3 is 0 Å². The zero-order valence-electron chi connectivity index (χ0n) is 11.4. The molecule has 0 saturated heterocycles. The van der Waals surface area contributed by atoms with E-state index < -0.39 is 0 Å². The molecule has 2 aromatic heterocycles. The monoisotopic (exact) mass is 265 g/mol. The summed E-state index contributed by atoms with van der Waals surface area (Å²) in [7, 11) is 0. The van der Waals surface area contributed by atoms with Crippen LogP contribution in [-0.4, -0.2) is 14.5 Å². The number of aromatic nitrogens is 3. The molecule has 1 N–H and O–H groups in total. The molecule has 20 heavy (non-hydrogen) atoms. The zero-order valence-corrected chi connectivity index (χ0v) is 11.4. The van der Waals surface area contributed by atoms with E-state index in [0.29, 0.717) is 0 Å². The smallest absolute Gasteiger partial charge is 0.250 e. The van der Waals surface area contributed by atoms with Crippen LogP contribution in [0.25, 0.3) is 16.9 Å². The Hall–Kier alpha value is -2.62. The normalized spacial score (nSPS) is 10.7. The molecule has 0 radical (unpaired) electrons. The number of nitrogens with one attached hydrogen (secondary N) is 1. The first kappa shape index (κ1) is 12.4. The van der Waals surface area contributed by atoms with Crippen LogP contribution in [0.5, 0.6) is 0 Å². The lowest BCUT2D eigenvalue weighted by Gasteiger charge is -2.02. The second kappa shape index (κ2) is 4.81. The van der Waals surface area contributed by atoms with Crippen molar-refractivity contribution < 1.29 is 0 Å². The molecule has 4 nitrogen and oxygen atoms in total. The fourth-order valence-electron chi connectivity index (χ4n) is 2.26. The lowest BCUT2D eigenvalue weighted by molar-refractivity contribution is 0.966. The van der Waals surface area contributed by atoms with E-state index in [1.807, 2.05) is 35.9 Å². The maximum absolute atomic E-state index is 11.4. The van der Waals surface area contributed by atoms with Crippen molar-refractivity contribution in [3.8, 4) is 16.9 Å². The van der Waals surface area contributed by atoms with Crippen LogP contribution in [0.2, 0.25) is 0 Å². The fraction of sp³-hybridized carbons (Fsp3) is 0.125. The number of aryl methyl sites for hydroxylation is 2. The van der Waals surface area contributed by atoms with E-state index in [1.165, 1.54) is 5.56 Å². The third kappa shape index (κ3) is 2.28. The van der Waals surface area contributed by atoms with Gasteiger partial charge in [0.15, 0.2) is 0 Å². The van der Waals surface area contributed by atoms with Gasteiger partial charge in [0.25, 0.3) is 0 Å². The summed E-state index contributed by atoms with van der Waals surface area (Å²) in [6.45, 7) is 3.99. The minimum Gasteiger partial charge on any atom is -0.329 e. The van der Waals surface area contributed by atoms with E-state index in [9.17, 15) is 4.79 Å². The van der Waals surface area contributed by atoms with Crippen LogP contribution in [0.1, 0.15) is 11.4 Å². The van der Waals surface area contributed by atoms with E-state index in [1.54, 1.807) is 12.3 Å². The number of imidazole rings is 1. The minimum absolute atomic E-state index is 0.118. The molecule has 4 heteroatoms. The highest BCUT2D eigenvalue weighted by atomic mass is 16.1. The number of rotatable bonds is 2. The lowest BCUT2D eigenvalue weighted by atomic mass is 10.1. The molecule has 0 fully saturated rings. The predicted octanol–water partition coefficient (Wildman–Crippen LogP) is 2.84. The third-order valence-electron chi connectivity index (χ3n) is 3.23. The van der Waals surface area contributed by atoms with Gasteiger partial charge in [-0.1, -0.05) is 23.8 Å². The quantitative estimate of drug-likeness (QED) is 0.774. The van der Waals surface area contributed by atoms with Crippen molar-refractivity contribution in [3.05, 3.63) is 70.5 Å². The third-order valence-corrected chi connectivity index (χ3v) is 3.23. The van der Waals surface area contributed by atoms with Crippen molar-refractivity contribution in [3.63, 3.8) is 0 Å². The van der Waals surface area contributed by atoms with Crippen LogP contribution < -0.4 is 5.56 Å². The highest BCUT2D eigenvalue weighted by Gasteiger charge is 2.08. The van der Waals surface area contributed by atoms with Gasteiger partial charge in [0.05, 0.1) is 11.4 Å². The van der Waals surface area contributed by atoms with Gasteiger partial charge in [0, 0.05) is 24.0 Å². The molecule has 0 amide bonds. The molecule has 1 aromatic carbocycles. The Balaban J connectivity index is 2.10. The Morgan fingerprint density at radius 1 is 1.15 bits per heavy atom. The molecular weight excluding hydrogens is 250 g/mol. The summed E-state index contributed by atoms with van der Waals surface area (Å²) in [4.78, 5) is 18.6. The molecule has 3 aromatic rings. The first-order chi connectivity index (χ1) is 9.63. The van der Waals surface area contributed by atoms with Crippen molar-refractivity contribution in [1.82, 2.24) is 14.5 Å². The van der Waals surface area contributed by atoms with Crippen molar-refractivity contribution >= 4 is 0 Å². The largest absolute Gasteiger partial charge is 0.329 e. The maximum Gasteiger partial charge on any atom is 0.250 e. The summed E-state index contributed by atoms with van der Waals surface area (Å²) in [6.07, 6.45) is 3.60. The number of pyridine rings is 1. The Kier molecular flexibility index (Phi) is 2.99. The molecule has 0 aliphatic rings. The van der Waals surface area contributed by atoms with Crippen molar-refractivity contribution in [1.29, 1.82) is 0 Å². The van der Waals surface area contributed by atoms with Crippen molar-refractivity contribution in [2.45, 2.75) is 13.8 Å². The molecule has 0 atom stereocenters. The Bertz CT molecular complexity index is 814. The number of nitrogens with zero attached hydrogens (tertiary/aromatic N) is 2. The first-order valence-electron chi connectivity index (χ1n) is 6.45. The Morgan fingerprint density at radius 2 is 2.00 bits per heavy atom. The van der Waals surface area contributed by atoms with Gasteiger partial charge in [-0.25, -0.2) is 4.98 Å². The highest BCUT2D eigenvalue weighted by molar-refractivity contribution is 5.60. The van der Waals surface area contributed by atoms with E-state index in [0.717, 1.165) is 22.8 Å². The van der Waals surface area contributed by atoms with Gasteiger partial charge in [0.1, 0.15) is 5.82 Å². The standard InChI is InChI=1S/C16H15N3O/c1-11-4-3-5-13(8-11)15-10-19(12(2)18-15)14-6-7-17-16(20)9-14/h3-10H,1-2H3,(H,17,20). The van der Waals surface area contributed by atoms with Crippen LogP contribution in [0.4, 0.5) is 0 Å². The molecule has 0 aliphatic carbocycles. The number of benzene rings is 1. The molecule has 0 bridgehead atoms. The summed E-state index contributed by atoms with van der Waals surface area (Å²) in [5, 5.41) is 0. The predicted molar refractivity (Wildman–Crippen MR) is 79.1 cm³/mol. The number of H-pyrrole nitrogens is 1. The average molecular weight is 265 g/mol. The second-order valence-electron chi connectivity index (χ2n) is 4.82. The van der Waals surface area contributed by atoms with E-state index in [4.69, 9.17) is 0 Å². The molecule has 0 unspecified atom stereocenters. The summed E-state index contributed by atoms with van der Waals surface area (Å²) < 4.78 is 1.92. The Morgan fingerprint density at radius 3 is 2.75 bits per heavy atom. The second-order valence-corrected chi connectivity index (χ2v) is 4.82. The number of hydrogen-bond acceptors (Lipinski definition) is 2. The van der Waals surface area contributed by atoms with E-state index in [2.05, 4.69) is 29.0 Å². The molecule has 100 valence electrons. The van der Waals surface area contributed by atoms with Crippen molar-refractivity contribution in [2.24, 2.45) is 0 Å². The summed E-state index contributed by atoms with van der Waals surface area (Å²) in [5.74, 6) is 0.854. The number of hydrogen-bond donors (Lipinski definition) is 1. The van der Waals surface area contributed by atoms with Crippen LogP contribution in [0, 0.1) is 13.8 Å². The summed E-state index contributed by atoms with van der Waals surface area (Å²) in [5.41, 5.74) is 3.89. The van der Waals surface area contributed by atoms with Crippen molar-refractivity contribution in [2.75, 3.05) is 0 Å². The fourth-order valence-corrected chi connectivity index (χ4v) is 2.26. The highest BCUT2D eigenvalue weighted by Crippen LogP contribution is 2.21. The van der Waals surface area contributed by atoms with Gasteiger partial charge in [-0.3, -0.25) is 4.79 Å². The molecule has 0 spiro atoms. The summed E-state index contributed by atoms with van der Waals surface area (Å²) in [6, 6.07) is 11.6. The summed E-state index contributed by atoms with van der Waals surface area (Å²) >= 11 is 0. The van der Waals surface area contributed by atoms with Gasteiger partial charge in [-0.05, 0) is 26.0 Å². The molecule has 0 saturated carbocycles. The van der Waals surface area contributed by atoms with Gasteiger partial charge in [-0.2, -0.15) is 0 Å². The van der Waals surface area contributed by atoms with Crippen LogP contribution in [-0.2, 0) is 0 Å². The topological polar surface area (TPSA) is 50.7 Å². The SMILES string of the molecule is Cc1cccc(-c2cn(-c3cc[nH]c(=O)c3)c(C)n2)c1. The molecule has 3 rings (SSSR count). The van der Waals surface area contributed by atoms with Gasteiger partial charge in [-0.15, -0.1) is 0 Å². The zero-order chi connectivity index (χ0) is 14.1. The van der Waals surface area contributed by atoms with Gasteiger partial charge < -0.3 is 9.55 Å². The van der Waals surface area contributed by atoms with Crippen LogP contribution >= 0.6 is 0 Å². The van der Waals surface area contributed by atoms with Gasteiger partial charge in [0.2, 0.25) is 5.56 Å². The molecule has 2 heterocycles. The molecular formula is C16H15N3O. The average Bonchev–Trinajstić information content (AvgIpc) is 2.81. The van der Waals surface area contributed by atoms with E-state index in [-0.39, 0.29) is 5.56 Å². The first-order valence-corrected chi connectivity index (χ1v) is 6.45. The Labute approximate surface area is 116 Å². The molecule has 0 aliphatic heterocycles. The van der Waals surface area contributed by atoms with E-state index >= 15 is 0 Å². The maximum atomic E-state index is 11.4. The lowest BCUT2D eigenvalue weighted by Crippen LogP contribution is -2.06. The number of aromatic amines is 1. The minimum atomic E-state index is -0.118. The van der Waals surface area contributed by atoms with Crippen LogP contribution in [0.3, 0.4) is 0 Å². The van der Waals surface area contributed by atoms with Crippen LogP contribution in [0.15, 0.2) is 53.6 Å².